The average Bonchev–Trinajstić information content (AvgIpc) is 3.38. The molecule has 0 radical (unpaired) electrons. The van der Waals surface area contributed by atoms with Gasteiger partial charge in [-0.2, -0.15) is 5.10 Å². The lowest BCUT2D eigenvalue weighted by molar-refractivity contribution is 0.168. The minimum Gasteiger partial charge on any atom is -0.324 e. The number of amides is 2. The van der Waals surface area contributed by atoms with Crippen LogP contribution < -0.4 is 0 Å². The van der Waals surface area contributed by atoms with Crippen LogP contribution in [-0.2, 0) is 11.0 Å². The number of halogens is 1. The van der Waals surface area contributed by atoms with Crippen molar-refractivity contribution in [2.24, 2.45) is 0 Å². The van der Waals surface area contributed by atoms with E-state index in [1.807, 2.05) is 30.3 Å². The molecule has 3 heterocycles. The first-order valence-electron chi connectivity index (χ1n) is 11.8. The van der Waals surface area contributed by atoms with Gasteiger partial charge in [0, 0.05) is 55.3 Å². The molecule has 4 aromatic rings. The SMILES string of the molecule is CN(C(=O)N1CCC(c2[nH]nc(-c3ccc(F)cc3)c2-c2ccncc2)CC1)S(=O)c1ccccc1. The van der Waals surface area contributed by atoms with Crippen LogP contribution in [0.25, 0.3) is 22.4 Å². The summed E-state index contributed by atoms with van der Waals surface area (Å²) in [6, 6.07) is 18.9. The highest BCUT2D eigenvalue weighted by Gasteiger charge is 2.31. The number of aromatic amines is 1. The summed E-state index contributed by atoms with van der Waals surface area (Å²) in [6.07, 6.45) is 4.95. The molecular formula is C27H26FN5O2S. The topological polar surface area (TPSA) is 82.2 Å². The number of hydrogen-bond acceptors (Lipinski definition) is 4. The molecule has 5 rings (SSSR count). The molecule has 0 aliphatic carbocycles. The van der Waals surface area contributed by atoms with Gasteiger partial charge in [0.05, 0.1) is 4.90 Å². The number of H-pyrrole nitrogens is 1. The summed E-state index contributed by atoms with van der Waals surface area (Å²) < 4.78 is 27.7. The van der Waals surface area contributed by atoms with Gasteiger partial charge in [-0.1, -0.05) is 18.2 Å². The van der Waals surface area contributed by atoms with Crippen LogP contribution in [0.5, 0.6) is 0 Å². The van der Waals surface area contributed by atoms with Gasteiger partial charge in [0.1, 0.15) is 11.5 Å². The number of carbonyl (C=O) groups is 1. The van der Waals surface area contributed by atoms with Crippen molar-refractivity contribution >= 4 is 17.0 Å². The van der Waals surface area contributed by atoms with E-state index in [1.54, 1.807) is 48.6 Å². The molecule has 1 aliphatic rings. The number of urea groups is 1. The van der Waals surface area contributed by atoms with E-state index < -0.39 is 11.0 Å². The summed E-state index contributed by atoms with van der Waals surface area (Å²) in [6.45, 7) is 1.08. The second-order valence-corrected chi connectivity index (χ2v) is 10.2. The standard InChI is InChI=1S/C27H26FN5O2S/c1-32(36(35)23-5-3-2-4-6-23)27(34)33-17-13-21(14-18-33)26-24(19-11-15-29-16-12-19)25(30-31-26)20-7-9-22(28)10-8-20/h2-12,15-16,21H,13-14,17-18H2,1H3,(H,30,31). The number of piperidine rings is 1. The Bertz CT molecular complexity index is 1350. The molecular weight excluding hydrogens is 477 g/mol. The molecule has 2 aromatic carbocycles. The zero-order valence-electron chi connectivity index (χ0n) is 19.8. The van der Waals surface area contributed by atoms with Gasteiger partial charge in [-0.3, -0.25) is 10.1 Å². The van der Waals surface area contributed by atoms with Gasteiger partial charge in [-0.15, -0.1) is 0 Å². The van der Waals surface area contributed by atoms with Crippen molar-refractivity contribution < 1.29 is 13.4 Å². The summed E-state index contributed by atoms with van der Waals surface area (Å²) in [4.78, 5) is 19.5. The molecule has 2 amide bonds. The minimum absolute atomic E-state index is 0.156. The molecule has 1 N–H and O–H groups in total. The molecule has 9 heteroatoms. The third-order valence-electron chi connectivity index (χ3n) is 6.52. The third-order valence-corrected chi connectivity index (χ3v) is 7.85. The fourth-order valence-electron chi connectivity index (χ4n) is 4.60. The van der Waals surface area contributed by atoms with Crippen LogP contribution in [0.4, 0.5) is 9.18 Å². The first kappa shape index (κ1) is 23.9. The predicted octanol–water partition coefficient (Wildman–Crippen LogP) is 5.23. The van der Waals surface area contributed by atoms with Crippen molar-refractivity contribution in [2.45, 2.75) is 23.7 Å². The summed E-state index contributed by atoms with van der Waals surface area (Å²) in [5.74, 6) is -0.140. The van der Waals surface area contributed by atoms with Gasteiger partial charge < -0.3 is 4.90 Å². The van der Waals surface area contributed by atoms with E-state index in [4.69, 9.17) is 0 Å². The van der Waals surface area contributed by atoms with Crippen LogP contribution in [0.15, 0.2) is 84.0 Å². The van der Waals surface area contributed by atoms with Crippen molar-refractivity contribution in [1.82, 2.24) is 24.4 Å². The molecule has 1 unspecified atom stereocenters. The first-order valence-corrected chi connectivity index (χ1v) is 12.9. The predicted molar refractivity (Wildman–Crippen MR) is 137 cm³/mol. The fraction of sp³-hybridized carbons (Fsp3) is 0.222. The van der Waals surface area contributed by atoms with Crippen molar-refractivity contribution in [3.05, 3.63) is 90.6 Å². The van der Waals surface area contributed by atoms with Crippen LogP contribution >= 0.6 is 0 Å². The quantitative estimate of drug-likeness (QED) is 0.404. The number of hydrogen-bond donors (Lipinski definition) is 1. The van der Waals surface area contributed by atoms with Crippen LogP contribution in [0.1, 0.15) is 24.5 Å². The van der Waals surface area contributed by atoms with Crippen molar-refractivity contribution in [2.75, 3.05) is 20.1 Å². The van der Waals surface area contributed by atoms with Gasteiger partial charge in [0.15, 0.2) is 11.0 Å². The molecule has 0 bridgehead atoms. The number of pyridine rings is 1. The number of benzene rings is 2. The van der Waals surface area contributed by atoms with Gasteiger partial charge in [0.25, 0.3) is 0 Å². The highest BCUT2D eigenvalue weighted by Crippen LogP contribution is 2.39. The molecule has 0 saturated carbocycles. The Kier molecular flexibility index (Phi) is 6.90. The third kappa shape index (κ3) is 4.79. The maximum Gasteiger partial charge on any atom is 0.331 e. The number of nitrogens with zero attached hydrogens (tertiary/aromatic N) is 4. The van der Waals surface area contributed by atoms with Gasteiger partial charge in [0.2, 0.25) is 0 Å². The highest BCUT2D eigenvalue weighted by molar-refractivity contribution is 7.83. The molecule has 36 heavy (non-hydrogen) atoms. The Hall–Kier alpha value is -3.85. The van der Waals surface area contributed by atoms with Crippen molar-refractivity contribution in [1.29, 1.82) is 0 Å². The Morgan fingerprint density at radius 3 is 2.33 bits per heavy atom. The minimum atomic E-state index is -1.56. The average molecular weight is 504 g/mol. The summed E-state index contributed by atoms with van der Waals surface area (Å²) in [5.41, 5.74) is 4.52. The molecule has 2 aromatic heterocycles. The van der Waals surface area contributed by atoms with Crippen LogP contribution in [0.2, 0.25) is 0 Å². The smallest absolute Gasteiger partial charge is 0.324 e. The molecule has 7 nitrogen and oxygen atoms in total. The van der Waals surface area contributed by atoms with E-state index in [2.05, 4.69) is 15.2 Å². The first-order chi connectivity index (χ1) is 17.5. The van der Waals surface area contributed by atoms with E-state index in [9.17, 15) is 13.4 Å². The van der Waals surface area contributed by atoms with E-state index in [1.165, 1.54) is 16.4 Å². The molecule has 1 aliphatic heterocycles. The Morgan fingerprint density at radius 2 is 1.67 bits per heavy atom. The molecule has 1 saturated heterocycles. The summed E-state index contributed by atoms with van der Waals surface area (Å²) >= 11 is 0. The molecule has 1 fully saturated rings. The number of aromatic nitrogens is 3. The van der Waals surface area contributed by atoms with Crippen molar-refractivity contribution in [3.8, 4) is 22.4 Å². The second kappa shape index (κ2) is 10.4. The monoisotopic (exact) mass is 503 g/mol. The van der Waals surface area contributed by atoms with Gasteiger partial charge >= 0.3 is 6.03 Å². The largest absolute Gasteiger partial charge is 0.331 e. The number of carbonyl (C=O) groups excluding carboxylic acids is 1. The lowest BCUT2D eigenvalue weighted by Crippen LogP contribution is -2.45. The fourth-order valence-corrected chi connectivity index (χ4v) is 5.57. The van der Waals surface area contributed by atoms with E-state index in [0.29, 0.717) is 18.0 Å². The zero-order chi connectivity index (χ0) is 25.1. The van der Waals surface area contributed by atoms with E-state index in [0.717, 1.165) is 40.9 Å². The maximum atomic E-state index is 13.5. The van der Waals surface area contributed by atoms with E-state index >= 15 is 0 Å². The van der Waals surface area contributed by atoms with E-state index in [-0.39, 0.29) is 17.8 Å². The zero-order valence-corrected chi connectivity index (χ0v) is 20.6. The second-order valence-electron chi connectivity index (χ2n) is 8.71. The van der Waals surface area contributed by atoms with Crippen LogP contribution in [0, 0.1) is 5.82 Å². The molecule has 1 atom stereocenters. The summed E-state index contributed by atoms with van der Waals surface area (Å²) in [5, 5.41) is 7.85. The lowest BCUT2D eigenvalue weighted by atomic mass is 9.88. The number of nitrogens with one attached hydrogen (secondary N) is 1. The summed E-state index contributed by atoms with van der Waals surface area (Å²) in [7, 11) is 0.0128. The van der Waals surface area contributed by atoms with Gasteiger partial charge in [-0.25, -0.2) is 17.7 Å². The maximum absolute atomic E-state index is 13.5. The Morgan fingerprint density at radius 1 is 1.00 bits per heavy atom. The normalized spacial score (nSPS) is 15.0. The highest BCUT2D eigenvalue weighted by atomic mass is 32.2. The Labute approximate surface area is 211 Å². The van der Waals surface area contributed by atoms with Crippen LogP contribution in [-0.4, -0.2) is 54.8 Å². The van der Waals surface area contributed by atoms with Crippen molar-refractivity contribution in [3.63, 3.8) is 0 Å². The van der Waals surface area contributed by atoms with Crippen LogP contribution in [0.3, 0.4) is 0 Å². The van der Waals surface area contributed by atoms with Gasteiger partial charge in [-0.05, 0) is 66.9 Å². The number of likely N-dealkylation sites (tertiary alicyclic amines) is 1. The lowest BCUT2D eigenvalue weighted by Gasteiger charge is -2.34. The molecule has 184 valence electrons. The number of rotatable bonds is 5. The molecule has 0 spiro atoms. The Balaban J connectivity index is 1.35.